The van der Waals surface area contributed by atoms with Crippen LogP contribution in [0.4, 0.5) is 0 Å². The minimum atomic E-state index is 0. The molecule has 0 N–H and O–H groups in total. The monoisotopic (exact) mass is 654 g/mol. The third-order valence-corrected chi connectivity index (χ3v) is 6.45. The predicted octanol–water partition coefficient (Wildman–Crippen LogP) is 4.77. The van der Waals surface area contributed by atoms with E-state index in [0.29, 0.717) is 0 Å². The number of aryl methyl sites for hydroxylation is 7. The van der Waals surface area contributed by atoms with Crippen molar-refractivity contribution < 1.29 is 30.2 Å². The van der Waals surface area contributed by atoms with Gasteiger partial charge in [0.25, 0.3) is 0 Å². The summed E-state index contributed by atoms with van der Waals surface area (Å²) >= 11 is 0. The third-order valence-electron chi connectivity index (χ3n) is 6.45. The Bertz CT molecular complexity index is 1560. The molecule has 0 radical (unpaired) electrons. The maximum absolute atomic E-state index is 6.25. The van der Waals surface area contributed by atoms with E-state index in [9.17, 15) is 0 Å². The molecule has 36 heavy (non-hydrogen) atoms. The van der Waals surface area contributed by atoms with E-state index in [2.05, 4.69) is 98.9 Å². The Morgan fingerprint density at radius 2 is 1.39 bits per heavy atom. The molecule has 2 heterocycles. The van der Waals surface area contributed by atoms with E-state index in [1.54, 1.807) is 0 Å². The van der Waals surface area contributed by atoms with Gasteiger partial charge in [0.1, 0.15) is 0 Å². The van der Waals surface area contributed by atoms with Gasteiger partial charge in [0.05, 0.1) is 25.1 Å². The molecular weight excluding hydrogens is 625 g/mol. The van der Waals surface area contributed by atoms with Crippen LogP contribution in [0, 0.1) is 65.2 Å². The number of fused-ring (bicyclic) bond motifs is 1. The normalized spacial score (nSPS) is 10.6. The number of aromatic nitrogens is 4. The van der Waals surface area contributed by atoms with Crippen LogP contribution in [0.2, 0.25) is 0 Å². The molecule has 5 aromatic rings. The largest absolute Gasteiger partial charge is 4.00 e. The minimum absolute atomic E-state index is 0. The molecule has 0 saturated heterocycles. The van der Waals surface area contributed by atoms with E-state index >= 15 is 0 Å². The summed E-state index contributed by atoms with van der Waals surface area (Å²) < 4.78 is 8.10. The van der Waals surface area contributed by atoms with Gasteiger partial charge in [0.2, 0.25) is 12.7 Å². The average molecular weight is 655 g/mol. The van der Waals surface area contributed by atoms with Crippen LogP contribution in [-0.4, -0.2) is 9.13 Å². The zero-order valence-electron chi connectivity index (χ0n) is 21.7. The van der Waals surface area contributed by atoms with Crippen LogP contribution in [0.5, 0.6) is 0 Å². The van der Waals surface area contributed by atoms with Gasteiger partial charge in [-0.1, -0.05) is 52.3 Å². The first-order valence-corrected chi connectivity index (χ1v) is 11.5. The summed E-state index contributed by atoms with van der Waals surface area (Å²) in [6, 6.07) is 17.0. The first-order valence-electron chi connectivity index (χ1n) is 11.5. The second-order valence-corrected chi connectivity index (χ2v) is 9.21. The Labute approximate surface area is 228 Å². The molecule has 0 spiro atoms. The van der Waals surface area contributed by atoms with Gasteiger partial charge in [-0.05, 0) is 51.3 Å². The van der Waals surface area contributed by atoms with Gasteiger partial charge in [-0.2, -0.15) is 18.2 Å². The fraction of sp³-hybridized carbons (Fsp3) is 0.233. The van der Waals surface area contributed by atoms with Crippen LogP contribution in [0.3, 0.4) is 0 Å². The molecule has 182 valence electrons. The molecule has 0 aliphatic heterocycles. The summed E-state index contributed by atoms with van der Waals surface area (Å²) in [6.07, 6.45) is 10.8. The second kappa shape index (κ2) is 10.6. The van der Waals surface area contributed by atoms with Gasteiger partial charge >= 0.3 is 21.1 Å². The summed E-state index contributed by atoms with van der Waals surface area (Å²) in [4.78, 5) is 0. The van der Waals surface area contributed by atoms with Gasteiger partial charge in [-0.3, -0.25) is 0 Å². The van der Waals surface area contributed by atoms with Crippen LogP contribution in [0.15, 0.2) is 48.8 Å². The first-order chi connectivity index (χ1) is 16.7. The molecule has 0 amide bonds. The van der Waals surface area contributed by atoms with Gasteiger partial charge in [0.15, 0.2) is 0 Å². The van der Waals surface area contributed by atoms with Gasteiger partial charge in [0, 0.05) is 12.4 Å². The molecule has 6 heteroatoms. The third kappa shape index (κ3) is 4.92. The standard InChI is InChI=1S/C29H29N4.CN.Pt/c1-19-10-22(4)29(23(5)11-19)24-14-25(32-9-8-30(6)17-32)16-26(15-24)33-18-31(7)27-12-20(2)21(3)13-28(27)33;1-2;/h8-15H,1-7H3;;/q2*-1;+4. The van der Waals surface area contributed by atoms with Crippen molar-refractivity contribution >= 4 is 11.0 Å². The van der Waals surface area contributed by atoms with Crippen molar-refractivity contribution in [3.8, 4) is 22.5 Å². The molecule has 5 nitrogen and oxygen atoms in total. The number of nitrogens with zero attached hydrogens (tertiary/aromatic N) is 5. The van der Waals surface area contributed by atoms with Crippen molar-refractivity contribution in [2.75, 3.05) is 0 Å². The molecular formula is C30H29N5Pt+2. The maximum Gasteiger partial charge on any atom is 4.00 e. The van der Waals surface area contributed by atoms with E-state index < -0.39 is 0 Å². The van der Waals surface area contributed by atoms with Crippen LogP contribution in [-0.2, 0) is 35.2 Å². The number of benzene rings is 3. The molecule has 0 atom stereocenters. The van der Waals surface area contributed by atoms with Crippen molar-refractivity contribution in [2.24, 2.45) is 14.1 Å². The average Bonchev–Trinajstić information content (AvgIpc) is 3.38. The Kier molecular flexibility index (Phi) is 8.02. The van der Waals surface area contributed by atoms with E-state index in [-0.39, 0.29) is 21.1 Å². The number of imidazole rings is 2. The van der Waals surface area contributed by atoms with Gasteiger partial charge in [-0.25, -0.2) is 0 Å². The SMILES string of the molecule is Cc1cc(C)c(-c2cc(-[n+]3[c-]n(C)cc3)[c-]c(-[n+]3[c-]n(C)c4cc(C)c(C)cc43)c2)c(C)c1.[C-]#N.[Pt+4]. The molecule has 0 fully saturated rings. The fourth-order valence-electron chi connectivity index (χ4n) is 4.78. The summed E-state index contributed by atoms with van der Waals surface area (Å²) in [5.41, 5.74) is 13.0. The van der Waals surface area contributed by atoms with Crippen molar-refractivity contribution in [1.82, 2.24) is 9.13 Å². The van der Waals surface area contributed by atoms with Crippen LogP contribution in [0.25, 0.3) is 33.5 Å². The summed E-state index contributed by atoms with van der Waals surface area (Å²) in [5, 5.41) is 6.25. The van der Waals surface area contributed by atoms with Gasteiger partial charge in [-0.15, -0.1) is 5.56 Å². The number of hydrogen-bond acceptors (Lipinski definition) is 1. The quantitative estimate of drug-likeness (QED) is 0.204. The van der Waals surface area contributed by atoms with Crippen molar-refractivity contribution in [3.05, 3.63) is 102 Å². The summed E-state index contributed by atoms with van der Waals surface area (Å²) in [5.74, 6) is 0. The zero-order chi connectivity index (χ0) is 25.4. The smallest absolute Gasteiger partial charge is 0.512 e. The second-order valence-electron chi connectivity index (χ2n) is 9.21. The number of hydrogen-bond donors (Lipinski definition) is 0. The molecule has 0 unspecified atom stereocenters. The van der Waals surface area contributed by atoms with Crippen molar-refractivity contribution in [1.29, 1.82) is 5.26 Å². The van der Waals surface area contributed by atoms with Crippen molar-refractivity contribution in [3.63, 3.8) is 0 Å². The maximum atomic E-state index is 6.25. The first kappa shape index (κ1) is 27.1. The summed E-state index contributed by atoms with van der Waals surface area (Å²) in [6.45, 7) is 15.6. The van der Waals surface area contributed by atoms with E-state index in [1.165, 1.54) is 38.9 Å². The van der Waals surface area contributed by atoms with E-state index in [1.807, 2.05) is 35.6 Å². The fourth-order valence-corrected chi connectivity index (χ4v) is 4.78. The van der Waals surface area contributed by atoms with Crippen molar-refractivity contribution in [2.45, 2.75) is 34.6 Å². The molecule has 0 aliphatic carbocycles. The molecule has 0 saturated carbocycles. The Morgan fingerprint density at radius 3 is 2.00 bits per heavy atom. The molecule has 0 bridgehead atoms. The van der Waals surface area contributed by atoms with E-state index in [4.69, 9.17) is 11.8 Å². The predicted molar refractivity (Wildman–Crippen MR) is 136 cm³/mol. The van der Waals surface area contributed by atoms with Crippen LogP contribution in [0.1, 0.15) is 27.8 Å². The van der Waals surface area contributed by atoms with E-state index in [0.717, 1.165) is 22.4 Å². The molecule has 0 aliphatic rings. The van der Waals surface area contributed by atoms with Crippen LogP contribution < -0.4 is 9.13 Å². The molecule has 5 rings (SSSR count). The topological polar surface area (TPSA) is 41.4 Å². The number of rotatable bonds is 3. The molecule has 3 aromatic carbocycles. The summed E-state index contributed by atoms with van der Waals surface area (Å²) in [7, 11) is 4.03. The molecule has 2 aromatic heterocycles. The Balaban J connectivity index is 0.00000117. The van der Waals surface area contributed by atoms with Gasteiger partial charge < -0.3 is 30.1 Å². The Morgan fingerprint density at radius 1 is 0.778 bits per heavy atom. The minimum Gasteiger partial charge on any atom is -0.512 e. The zero-order valence-corrected chi connectivity index (χ0v) is 23.9. The van der Waals surface area contributed by atoms with Crippen LogP contribution >= 0.6 is 0 Å². The Hall–Kier alpha value is -3.48.